The SMILES string of the molecule is CNC(=O)OC(C)(C)C.COc1ccc(-c2cccc(C#N)c2)cc1CN(C)C1CCCCC1.O=Cc1sc2ccccc2c1Cl. The number of ether oxygens (including phenoxy) is 2. The molecule has 0 aliphatic heterocycles. The first kappa shape index (κ1) is 36.6. The molecule has 4 aromatic rings. The molecule has 0 radical (unpaired) electrons. The summed E-state index contributed by atoms with van der Waals surface area (Å²) in [4.78, 5) is 24.1. The molecule has 1 amide bonds. The fraction of sp³-hybridized carbons (Fsp3) is 0.378. The number of carbonyl (C=O) groups excluding carboxylic acids is 2. The van der Waals surface area contributed by atoms with E-state index >= 15 is 0 Å². The molecule has 46 heavy (non-hydrogen) atoms. The van der Waals surface area contributed by atoms with Gasteiger partial charge >= 0.3 is 6.09 Å². The number of nitrogens with one attached hydrogen (secondary N) is 1. The Hall–Kier alpha value is -3.90. The van der Waals surface area contributed by atoms with Crippen LogP contribution in [-0.2, 0) is 11.3 Å². The van der Waals surface area contributed by atoms with Crippen molar-refractivity contribution in [3.63, 3.8) is 0 Å². The number of nitrogens with zero attached hydrogens (tertiary/aromatic N) is 2. The van der Waals surface area contributed by atoms with Gasteiger partial charge in [-0.1, -0.05) is 67.3 Å². The zero-order valence-corrected chi connectivity index (χ0v) is 29.1. The van der Waals surface area contributed by atoms with Gasteiger partial charge in [-0.05, 0) is 82.1 Å². The molecule has 0 atom stereocenters. The average Bonchev–Trinajstić information content (AvgIpc) is 3.40. The summed E-state index contributed by atoms with van der Waals surface area (Å²) in [5.41, 5.74) is 3.71. The van der Waals surface area contributed by atoms with E-state index < -0.39 is 0 Å². The second kappa shape index (κ2) is 17.7. The quantitative estimate of drug-likeness (QED) is 0.207. The molecule has 0 spiro atoms. The van der Waals surface area contributed by atoms with Gasteiger partial charge in [0, 0.05) is 35.3 Å². The standard InChI is InChI=1S/C22H26N2O.C9H5ClOS.C6H13NO2/c1-24(21-9-4-3-5-10-21)16-20-14-19(11-12-22(20)25-2)18-8-6-7-17(13-18)15-23;10-9-6-3-1-2-4-7(6)12-8(9)5-11;1-6(2,3)9-5(8)7-4/h6-8,11-14,21H,3-5,9-10,16H2,1-2H3;1-5H;1-4H3,(H,7,8). The number of carbonyl (C=O) groups is 2. The van der Waals surface area contributed by atoms with E-state index in [1.807, 2.05) is 69.3 Å². The number of amides is 1. The van der Waals surface area contributed by atoms with Crippen molar-refractivity contribution >= 4 is 45.4 Å². The summed E-state index contributed by atoms with van der Waals surface area (Å²) in [5.74, 6) is 0.933. The number of methoxy groups -OCH3 is 1. The maximum atomic E-state index is 10.5. The van der Waals surface area contributed by atoms with Crippen molar-refractivity contribution in [2.75, 3.05) is 21.2 Å². The van der Waals surface area contributed by atoms with Crippen molar-refractivity contribution in [2.45, 2.75) is 71.1 Å². The van der Waals surface area contributed by atoms with Gasteiger partial charge in [0.1, 0.15) is 11.4 Å². The zero-order chi connectivity index (χ0) is 33.7. The predicted molar refractivity (Wildman–Crippen MR) is 189 cm³/mol. The number of alkyl carbamates (subject to hydrolysis) is 1. The molecule has 1 saturated carbocycles. The molecule has 1 aromatic heterocycles. The number of hydrogen-bond acceptors (Lipinski definition) is 7. The van der Waals surface area contributed by atoms with E-state index in [9.17, 15) is 9.59 Å². The number of rotatable bonds is 6. The van der Waals surface area contributed by atoms with E-state index in [1.54, 1.807) is 7.11 Å². The maximum Gasteiger partial charge on any atom is 0.407 e. The average molecular weight is 662 g/mol. The van der Waals surface area contributed by atoms with Crippen molar-refractivity contribution in [2.24, 2.45) is 0 Å². The summed E-state index contributed by atoms with van der Waals surface area (Å²) in [5, 5.41) is 13.0. The normalized spacial score (nSPS) is 13.0. The predicted octanol–water partition coefficient (Wildman–Crippen LogP) is 9.51. The monoisotopic (exact) mass is 661 g/mol. The Balaban J connectivity index is 0.000000226. The fourth-order valence-electron chi connectivity index (χ4n) is 5.21. The van der Waals surface area contributed by atoms with Gasteiger partial charge in [-0.2, -0.15) is 5.26 Å². The smallest absolute Gasteiger partial charge is 0.407 e. The van der Waals surface area contributed by atoms with Crippen LogP contribution in [0.1, 0.15) is 73.7 Å². The summed E-state index contributed by atoms with van der Waals surface area (Å²) in [6.45, 7) is 6.35. The molecule has 5 rings (SSSR count). The first-order valence-electron chi connectivity index (χ1n) is 15.4. The topological polar surface area (TPSA) is 91.7 Å². The van der Waals surface area contributed by atoms with Crippen molar-refractivity contribution in [1.29, 1.82) is 5.26 Å². The van der Waals surface area contributed by atoms with E-state index in [4.69, 9.17) is 26.3 Å². The lowest BCUT2D eigenvalue weighted by atomic mass is 9.94. The van der Waals surface area contributed by atoms with Gasteiger partial charge in [-0.25, -0.2) is 4.79 Å². The van der Waals surface area contributed by atoms with E-state index in [2.05, 4.69) is 41.5 Å². The number of halogens is 1. The largest absolute Gasteiger partial charge is 0.496 e. The van der Waals surface area contributed by atoms with Crippen LogP contribution < -0.4 is 10.1 Å². The van der Waals surface area contributed by atoms with Crippen LogP contribution in [0.3, 0.4) is 0 Å². The molecular weight excluding hydrogens is 618 g/mol. The number of fused-ring (bicyclic) bond motifs is 1. The molecule has 1 aliphatic carbocycles. The minimum atomic E-state index is -0.389. The van der Waals surface area contributed by atoms with Crippen LogP contribution in [0.15, 0.2) is 66.7 Å². The second-order valence-corrected chi connectivity index (χ2v) is 13.5. The third-order valence-corrected chi connectivity index (χ3v) is 9.11. The molecular formula is C37H44ClN3O4S. The molecule has 0 bridgehead atoms. The highest BCUT2D eigenvalue weighted by atomic mass is 35.5. The van der Waals surface area contributed by atoms with Gasteiger partial charge in [0.2, 0.25) is 0 Å². The second-order valence-electron chi connectivity index (χ2n) is 12.1. The summed E-state index contributed by atoms with van der Waals surface area (Å²) < 4.78 is 11.5. The summed E-state index contributed by atoms with van der Waals surface area (Å²) in [7, 11) is 5.49. The van der Waals surface area contributed by atoms with Crippen LogP contribution in [0.4, 0.5) is 4.79 Å². The van der Waals surface area contributed by atoms with Crippen LogP contribution in [0.25, 0.3) is 21.2 Å². The number of aldehydes is 1. The van der Waals surface area contributed by atoms with Gasteiger partial charge < -0.3 is 14.8 Å². The highest BCUT2D eigenvalue weighted by Gasteiger charge is 2.19. The van der Waals surface area contributed by atoms with E-state index in [0.717, 1.165) is 39.8 Å². The number of hydrogen-bond donors (Lipinski definition) is 1. The Morgan fingerprint density at radius 3 is 2.35 bits per heavy atom. The van der Waals surface area contributed by atoms with Crippen LogP contribution in [0, 0.1) is 11.3 Å². The molecule has 7 nitrogen and oxygen atoms in total. The Morgan fingerprint density at radius 1 is 1.07 bits per heavy atom. The number of benzene rings is 3. The summed E-state index contributed by atoms with van der Waals surface area (Å²) in [6, 6.07) is 24.7. The molecule has 1 heterocycles. The molecule has 244 valence electrons. The maximum absolute atomic E-state index is 10.5. The molecule has 0 unspecified atom stereocenters. The number of thiophene rings is 1. The molecule has 9 heteroatoms. The van der Waals surface area contributed by atoms with E-state index in [1.165, 1.54) is 56.1 Å². The Morgan fingerprint density at radius 2 is 1.76 bits per heavy atom. The lowest BCUT2D eigenvalue weighted by Gasteiger charge is -2.31. The minimum absolute atomic E-state index is 0.387. The van der Waals surface area contributed by atoms with Crippen molar-refractivity contribution in [1.82, 2.24) is 10.2 Å². The summed E-state index contributed by atoms with van der Waals surface area (Å²) >= 11 is 7.36. The van der Waals surface area contributed by atoms with Crippen molar-refractivity contribution in [3.05, 3.63) is 87.8 Å². The van der Waals surface area contributed by atoms with Crippen LogP contribution >= 0.6 is 22.9 Å². The van der Waals surface area contributed by atoms with Gasteiger partial charge in [-0.15, -0.1) is 11.3 Å². The molecule has 1 aliphatic rings. The third kappa shape index (κ3) is 10.9. The van der Waals surface area contributed by atoms with E-state index in [0.29, 0.717) is 21.5 Å². The Bertz CT molecular complexity index is 1630. The first-order chi connectivity index (χ1) is 22.0. The minimum Gasteiger partial charge on any atom is -0.496 e. The fourth-order valence-corrected chi connectivity index (χ4v) is 6.50. The van der Waals surface area contributed by atoms with Crippen LogP contribution in [0.5, 0.6) is 5.75 Å². The molecule has 3 aromatic carbocycles. The first-order valence-corrected chi connectivity index (χ1v) is 16.6. The number of nitriles is 1. The van der Waals surface area contributed by atoms with E-state index in [-0.39, 0.29) is 11.7 Å². The van der Waals surface area contributed by atoms with Crippen LogP contribution in [0.2, 0.25) is 5.02 Å². The highest BCUT2D eigenvalue weighted by molar-refractivity contribution is 7.21. The lowest BCUT2D eigenvalue weighted by molar-refractivity contribution is 0.0541. The van der Waals surface area contributed by atoms with Crippen LogP contribution in [-0.4, -0.2) is 50.1 Å². The van der Waals surface area contributed by atoms with Gasteiger partial charge in [0.05, 0.1) is 28.6 Å². The van der Waals surface area contributed by atoms with Gasteiger partial charge in [-0.3, -0.25) is 9.69 Å². The Kier molecular flexibility index (Phi) is 14.1. The highest BCUT2D eigenvalue weighted by Crippen LogP contribution is 2.34. The Labute approximate surface area is 282 Å². The van der Waals surface area contributed by atoms with Crippen molar-refractivity contribution < 1.29 is 19.1 Å². The molecule has 0 saturated heterocycles. The van der Waals surface area contributed by atoms with Crippen molar-refractivity contribution in [3.8, 4) is 22.9 Å². The summed E-state index contributed by atoms with van der Waals surface area (Å²) in [6.07, 6.45) is 7.05. The zero-order valence-electron chi connectivity index (χ0n) is 27.6. The molecule has 1 fully saturated rings. The lowest BCUT2D eigenvalue weighted by Crippen LogP contribution is -2.32. The molecule has 1 N–H and O–H groups in total. The van der Waals surface area contributed by atoms with Gasteiger partial charge in [0.15, 0.2) is 6.29 Å². The third-order valence-electron chi connectivity index (χ3n) is 7.49. The van der Waals surface area contributed by atoms with Gasteiger partial charge in [0.25, 0.3) is 0 Å².